The van der Waals surface area contributed by atoms with E-state index in [4.69, 9.17) is 9.15 Å². The lowest BCUT2D eigenvalue weighted by Gasteiger charge is -2.25. The third kappa shape index (κ3) is 3.09. The largest absolute Gasteiger partial charge is 0.497 e. The van der Waals surface area contributed by atoms with Crippen LogP contribution in [0.15, 0.2) is 89.5 Å². The molecule has 3 heteroatoms. The average Bonchev–Trinajstić information content (AvgIpc) is 3.17. The summed E-state index contributed by atoms with van der Waals surface area (Å²) < 4.78 is 10.7. The average molecular weight is 344 g/mol. The third-order valence-corrected chi connectivity index (χ3v) is 4.77. The van der Waals surface area contributed by atoms with Crippen LogP contribution in [-0.4, -0.2) is 12.2 Å². The maximum Gasteiger partial charge on any atom is 0.133 e. The molecule has 3 aromatic carbocycles. The lowest BCUT2D eigenvalue weighted by Crippen LogP contribution is -2.12. The van der Waals surface area contributed by atoms with E-state index in [1.54, 1.807) is 13.4 Å². The molecule has 1 N–H and O–H groups in total. The van der Waals surface area contributed by atoms with Gasteiger partial charge in [0.15, 0.2) is 0 Å². The SMILES string of the molecule is COc1ccc([C@@H](c2ccccc2)[C@@H](O)c2ccc3occc3c2)cc1. The summed E-state index contributed by atoms with van der Waals surface area (Å²) in [5.41, 5.74) is 3.79. The molecule has 0 aliphatic heterocycles. The summed E-state index contributed by atoms with van der Waals surface area (Å²) >= 11 is 0. The molecule has 1 aromatic heterocycles. The lowest BCUT2D eigenvalue weighted by atomic mass is 9.83. The predicted octanol–water partition coefficient (Wildman–Crippen LogP) is 5.31. The summed E-state index contributed by atoms with van der Waals surface area (Å²) in [5, 5.41) is 12.2. The molecule has 0 radical (unpaired) electrons. The maximum atomic E-state index is 11.2. The smallest absolute Gasteiger partial charge is 0.133 e. The van der Waals surface area contributed by atoms with Crippen LogP contribution in [0.1, 0.15) is 28.7 Å². The monoisotopic (exact) mass is 344 g/mol. The zero-order valence-electron chi connectivity index (χ0n) is 14.5. The molecular formula is C23H20O3. The van der Waals surface area contributed by atoms with Gasteiger partial charge in [-0.2, -0.15) is 0 Å². The molecule has 0 saturated heterocycles. The quantitative estimate of drug-likeness (QED) is 0.534. The van der Waals surface area contributed by atoms with Crippen LogP contribution in [0.5, 0.6) is 5.75 Å². The Morgan fingerprint density at radius 3 is 2.23 bits per heavy atom. The Morgan fingerprint density at radius 1 is 0.808 bits per heavy atom. The molecule has 0 aliphatic rings. The van der Waals surface area contributed by atoms with Crippen LogP contribution in [0.2, 0.25) is 0 Å². The summed E-state index contributed by atoms with van der Waals surface area (Å²) in [6.07, 6.45) is 0.990. The minimum absolute atomic E-state index is 0.175. The van der Waals surface area contributed by atoms with Crippen molar-refractivity contribution < 1.29 is 14.3 Å². The molecule has 0 unspecified atom stereocenters. The fraction of sp³-hybridized carbons (Fsp3) is 0.130. The highest BCUT2D eigenvalue weighted by Gasteiger charge is 2.25. The van der Waals surface area contributed by atoms with Gasteiger partial charge in [-0.1, -0.05) is 48.5 Å². The van der Waals surface area contributed by atoms with Crippen molar-refractivity contribution in [2.24, 2.45) is 0 Å². The minimum atomic E-state index is -0.676. The number of hydrogen-bond donors (Lipinski definition) is 1. The van der Waals surface area contributed by atoms with E-state index >= 15 is 0 Å². The van der Waals surface area contributed by atoms with Gasteiger partial charge in [0, 0.05) is 11.3 Å². The van der Waals surface area contributed by atoms with Gasteiger partial charge < -0.3 is 14.3 Å². The van der Waals surface area contributed by atoms with E-state index in [0.29, 0.717) is 0 Å². The number of aliphatic hydroxyl groups is 1. The second kappa shape index (κ2) is 7.06. The highest BCUT2D eigenvalue weighted by molar-refractivity contribution is 5.77. The molecule has 1 heterocycles. The summed E-state index contributed by atoms with van der Waals surface area (Å²) in [4.78, 5) is 0. The van der Waals surface area contributed by atoms with E-state index in [-0.39, 0.29) is 5.92 Å². The zero-order valence-corrected chi connectivity index (χ0v) is 14.5. The Labute approximate surface area is 152 Å². The van der Waals surface area contributed by atoms with Crippen LogP contribution < -0.4 is 4.74 Å². The number of benzene rings is 3. The first-order valence-corrected chi connectivity index (χ1v) is 8.60. The molecule has 0 saturated carbocycles. The first-order valence-electron chi connectivity index (χ1n) is 8.60. The van der Waals surface area contributed by atoms with Crippen LogP contribution in [-0.2, 0) is 0 Å². The van der Waals surface area contributed by atoms with Gasteiger partial charge in [-0.05, 0) is 47.0 Å². The number of hydrogen-bond acceptors (Lipinski definition) is 3. The Hall–Kier alpha value is -3.04. The molecule has 4 rings (SSSR count). The molecule has 0 fully saturated rings. The zero-order chi connectivity index (χ0) is 17.9. The molecule has 2 atom stereocenters. The number of methoxy groups -OCH3 is 1. The van der Waals surface area contributed by atoms with Crippen molar-refractivity contribution in [2.75, 3.05) is 7.11 Å². The van der Waals surface area contributed by atoms with Gasteiger partial charge in [-0.15, -0.1) is 0 Å². The normalized spacial score (nSPS) is 13.5. The summed E-state index contributed by atoms with van der Waals surface area (Å²) in [5.74, 6) is 0.626. The second-order valence-electron chi connectivity index (χ2n) is 6.32. The second-order valence-corrected chi connectivity index (χ2v) is 6.32. The molecule has 0 bridgehead atoms. The Kier molecular flexibility index (Phi) is 4.46. The van der Waals surface area contributed by atoms with Gasteiger partial charge in [-0.3, -0.25) is 0 Å². The van der Waals surface area contributed by atoms with Crippen LogP contribution in [0.25, 0.3) is 11.0 Å². The molecular weight excluding hydrogens is 324 g/mol. The molecule has 4 aromatic rings. The standard InChI is InChI=1S/C23H20O3/c1-25-20-10-7-17(8-11-20)22(16-5-3-2-4-6-16)23(24)19-9-12-21-18(15-19)13-14-26-21/h2-15,22-24H,1H3/t22-,23+/m1/s1. The van der Waals surface area contributed by atoms with Gasteiger partial charge in [0.1, 0.15) is 11.3 Å². The molecule has 0 aliphatic carbocycles. The van der Waals surface area contributed by atoms with Crippen molar-refractivity contribution in [3.63, 3.8) is 0 Å². The molecule has 0 amide bonds. The van der Waals surface area contributed by atoms with E-state index in [9.17, 15) is 5.11 Å². The highest BCUT2D eigenvalue weighted by atomic mass is 16.5. The van der Waals surface area contributed by atoms with Crippen molar-refractivity contribution in [2.45, 2.75) is 12.0 Å². The van der Waals surface area contributed by atoms with Crippen LogP contribution in [0.3, 0.4) is 0 Å². The first-order chi connectivity index (χ1) is 12.8. The molecule has 0 spiro atoms. The van der Waals surface area contributed by atoms with E-state index in [1.807, 2.05) is 66.7 Å². The number of aliphatic hydroxyl groups excluding tert-OH is 1. The van der Waals surface area contributed by atoms with Crippen molar-refractivity contribution in [3.8, 4) is 5.75 Å². The van der Waals surface area contributed by atoms with E-state index < -0.39 is 6.10 Å². The fourth-order valence-corrected chi connectivity index (χ4v) is 3.39. The van der Waals surface area contributed by atoms with E-state index in [2.05, 4.69) is 12.1 Å². The van der Waals surface area contributed by atoms with E-state index in [0.717, 1.165) is 33.4 Å². The number of rotatable bonds is 5. The highest BCUT2D eigenvalue weighted by Crippen LogP contribution is 2.38. The van der Waals surface area contributed by atoms with Crippen molar-refractivity contribution in [3.05, 3.63) is 102 Å². The number of furan rings is 1. The van der Waals surface area contributed by atoms with Crippen LogP contribution in [0.4, 0.5) is 0 Å². The predicted molar refractivity (Wildman–Crippen MR) is 102 cm³/mol. The van der Waals surface area contributed by atoms with Gasteiger partial charge >= 0.3 is 0 Å². The van der Waals surface area contributed by atoms with Crippen LogP contribution in [0, 0.1) is 0 Å². The third-order valence-electron chi connectivity index (χ3n) is 4.77. The Balaban J connectivity index is 1.78. The summed E-state index contributed by atoms with van der Waals surface area (Å²) in [6, 6.07) is 25.7. The Morgan fingerprint density at radius 2 is 1.50 bits per heavy atom. The Bertz CT molecular complexity index is 987. The molecule has 130 valence electrons. The van der Waals surface area contributed by atoms with Crippen LogP contribution >= 0.6 is 0 Å². The van der Waals surface area contributed by atoms with Crippen molar-refractivity contribution in [1.82, 2.24) is 0 Å². The first kappa shape index (κ1) is 16.4. The fourth-order valence-electron chi connectivity index (χ4n) is 3.39. The number of fused-ring (bicyclic) bond motifs is 1. The number of ether oxygens (including phenoxy) is 1. The van der Waals surface area contributed by atoms with Gasteiger partial charge in [-0.25, -0.2) is 0 Å². The van der Waals surface area contributed by atoms with Crippen molar-refractivity contribution >= 4 is 11.0 Å². The van der Waals surface area contributed by atoms with Gasteiger partial charge in [0.25, 0.3) is 0 Å². The van der Waals surface area contributed by atoms with Crippen molar-refractivity contribution in [1.29, 1.82) is 0 Å². The lowest BCUT2D eigenvalue weighted by molar-refractivity contribution is 0.159. The van der Waals surface area contributed by atoms with Gasteiger partial charge in [0.2, 0.25) is 0 Å². The summed E-state index contributed by atoms with van der Waals surface area (Å²) in [7, 11) is 1.65. The minimum Gasteiger partial charge on any atom is -0.497 e. The summed E-state index contributed by atoms with van der Waals surface area (Å²) in [6.45, 7) is 0. The molecule has 3 nitrogen and oxygen atoms in total. The molecule has 26 heavy (non-hydrogen) atoms. The maximum absolute atomic E-state index is 11.2. The van der Waals surface area contributed by atoms with E-state index in [1.165, 1.54) is 0 Å². The van der Waals surface area contributed by atoms with Gasteiger partial charge in [0.05, 0.1) is 19.5 Å². The topological polar surface area (TPSA) is 42.6 Å².